The Labute approximate surface area is 88.4 Å². The van der Waals surface area contributed by atoms with Crippen molar-refractivity contribution in [3.05, 3.63) is 0 Å². The molecular weight excluding hydrogens is 200 g/mol. The van der Waals surface area contributed by atoms with Crippen LogP contribution in [0.25, 0.3) is 0 Å². The Kier molecular flexibility index (Phi) is 4.77. The van der Waals surface area contributed by atoms with E-state index >= 15 is 0 Å². The van der Waals surface area contributed by atoms with E-state index in [-0.39, 0.29) is 6.54 Å². The molecule has 0 spiro atoms. The number of amides is 3. The van der Waals surface area contributed by atoms with Crippen molar-refractivity contribution in [1.29, 1.82) is 0 Å². The van der Waals surface area contributed by atoms with Crippen molar-refractivity contribution in [2.24, 2.45) is 0 Å². The molecule has 0 saturated heterocycles. The van der Waals surface area contributed by atoms with Gasteiger partial charge in [0, 0.05) is 6.92 Å². The number of imide groups is 1. The average molecular weight is 216 g/mol. The van der Waals surface area contributed by atoms with Crippen molar-refractivity contribution in [1.82, 2.24) is 10.6 Å². The lowest BCUT2D eigenvalue weighted by Crippen LogP contribution is -2.41. The topological polar surface area (TPSA) is 84.5 Å². The van der Waals surface area contributed by atoms with E-state index in [1.807, 2.05) is 5.32 Å². The second kappa shape index (κ2) is 5.33. The van der Waals surface area contributed by atoms with Crippen LogP contribution in [0.2, 0.25) is 0 Å². The summed E-state index contributed by atoms with van der Waals surface area (Å²) in [5.74, 6) is -1.04. The highest BCUT2D eigenvalue weighted by molar-refractivity contribution is 5.95. The Morgan fingerprint density at radius 3 is 2.13 bits per heavy atom. The van der Waals surface area contributed by atoms with Gasteiger partial charge in [-0.25, -0.2) is 4.79 Å². The van der Waals surface area contributed by atoms with E-state index in [4.69, 9.17) is 4.74 Å². The Balaban J connectivity index is 3.82. The molecule has 0 atom stereocenters. The van der Waals surface area contributed by atoms with Gasteiger partial charge < -0.3 is 10.1 Å². The number of carbonyl (C=O) groups excluding carboxylic acids is 3. The van der Waals surface area contributed by atoms with Crippen LogP contribution < -0.4 is 10.6 Å². The Bertz CT molecular complexity index is 268. The van der Waals surface area contributed by atoms with Crippen molar-refractivity contribution in [2.75, 3.05) is 6.54 Å². The Morgan fingerprint density at radius 1 is 1.20 bits per heavy atom. The van der Waals surface area contributed by atoms with Crippen LogP contribution in [0.3, 0.4) is 0 Å². The van der Waals surface area contributed by atoms with Crippen LogP contribution in [-0.2, 0) is 14.3 Å². The van der Waals surface area contributed by atoms with Gasteiger partial charge in [-0.3, -0.25) is 14.9 Å². The summed E-state index contributed by atoms with van der Waals surface area (Å²) in [7, 11) is 0. The zero-order chi connectivity index (χ0) is 12.1. The van der Waals surface area contributed by atoms with Crippen LogP contribution >= 0.6 is 0 Å². The number of hydrogen-bond acceptors (Lipinski definition) is 4. The molecule has 6 nitrogen and oxygen atoms in total. The molecule has 0 aromatic carbocycles. The van der Waals surface area contributed by atoms with Crippen molar-refractivity contribution in [3.8, 4) is 0 Å². The van der Waals surface area contributed by atoms with Gasteiger partial charge in [-0.2, -0.15) is 0 Å². The first-order chi connectivity index (χ1) is 6.70. The van der Waals surface area contributed by atoms with Crippen molar-refractivity contribution < 1.29 is 19.1 Å². The zero-order valence-electron chi connectivity index (χ0n) is 9.34. The van der Waals surface area contributed by atoms with Crippen molar-refractivity contribution in [2.45, 2.75) is 33.3 Å². The molecule has 0 aliphatic rings. The largest absolute Gasteiger partial charge is 0.444 e. The molecular formula is C9H16N2O4. The maximum Gasteiger partial charge on any atom is 0.408 e. The van der Waals surface area contributed by atoms with Gasteiger partial charge in [0.2, 0.25) is 11.8 Å². The van der Waals surface area contributed by atoms with Gasteiger partial charge in [0.1, 0.15) is 12.1 Å². The highest BCUT2D eigenvalue weighted by Gasteiger charge is 2.16. The molecule has 0 aromatic rings. The smallest absolute Gasteiger partial charge is 0.408 e. The van der Waals surface area contributed by atoms with Gasteiger partial charge in [0.25, 0.3) is 0 Å². The van der Waals surface area contributed by atoms with E-state index in [2.05, 4.69) is 5.32 Å². The lowest BCUT2D eigenvalue weighted by atomic mass is 10.2. The molecule has 6 heteroatoms. The summed E-state index contributed by atoms with van der Waals surface area (Å²) in [5.41, 5.74) is -0.610. The molecule has 0 radical (unpaired) electrons. The minimum Gasteiger partial charge on any atom is -0.444 e. The maximum absolute atomic E-state index is 11.1. The van der Waals surface area contributed by atoms with Gasteiger partial charge in [-0.05, 0) is 20.8 Å². The number of nitrogens with one attached hydrogen (secondary N) is 2. The summed E-state index contributed by atoms with van der Waals surface area (Å²) in [5, 5.41) is 4.23. The van der Waals surface area contributed by atoms with Gasteiger partial charge in [-0.15, -0.1) is 0 Å². The molecule has 0 aliphatic carbocycles. The van der Waals surface area contributed by atoms with Crippen LogP contribution in [0.1, 0.15) is 27.7 Å². The lowest BCUT2D eigenvalue weighted by molar-refractivity contribution is -0.128. The Morgan fingerprint density at radius 2 is 1.73 bits per heavy atom. The molecule has 0 aliphatic heterocycles. The van der Waals surface area contributed by atoms with E-state index in [1.165, 1.54) is 6.92 Å². The summed E-state index contributed by atoms with van der Waals surface area (Å²) in [6.45, 7) is 6.06. The Hall–Kier alpha value is -1.59. The van der Waals surface area contributed by atoms with Gasteiger partial charge >= 0.3 is 6.09 Å². The maximum atomic E-state index is 11.1. The molecule has 0 heterocycles. The molecule has 15 heavy (non-hydrogen) atoms. The molecule has 0 bridgehead atoms. The minimum atomic E-state index is -0.693. The number of hydrogen-bond donors (Lipinski definition) is 2. The second-order valence-corrected chi connectivity index (χ2v) is 3.96. The predicted octanol–water partition coefficient (Wildman–Crippen LogP) is 0.174. The number of carbonyl (C=O) groups is 3. The fourth-order valence-corrected chi connectivity index (χ4v) is 0.707. The molecule has 2 N–H and O–H groups in total. The first kappa shape index (κ1) is 13.4. The summed E-state index contributed by atoms with van der Waals surface area (Å²) < 4.78 is 4.88. The fraction of sp³-hybridized carbons (Fsp3) is 0.667. The third-order valence-corrected chi connectivity index (χ3v) is 1.11. The monoisotopic (exact) mass is 216 g/mol. The van der Waals surface area contributed by atoms with E-state index in [9.17, 15) is 14.4 Å². The van der Waals surface area contributed by atoms with Crippen LogP contribution in [0, 0.1) is 0 Å². The van der Waals surface area contributed by atoms with Crippen molar-refractivity contribution in [3.63, 3.8) is 0 Å². The normalized spacial score (nSPS) is 10.4. The van der Waals surface area contributed by atoms with E-state index in [1.54, 1.807) is 20.8 Å². The quantitative estimate of drug-likeness (QED) is 0.689. The minimum absolute atomic E-state index is 0.283. The SMILES string of the molecule is CC(=O)NC(=O)CNC(=O)OC(C)(C)C. The van der Waals surface area contributed by atoms with Gasteiger partial charge in [0.15, 0.2) is 0 Å². The van der Waals surface area contributed by atoms with Crippen LogP contribution in [-0.4, -0.2) is 30.1 Å². The molecule has 86 valence electrons. The van der Waals surface area contributed by atoms with Crippen molar-refractivity contribution >= 4 is 17.9 Å². The van der Waals surface area contributed by atoms with Gasteiger partial charge in [0.05, 0.1) is 0 Å². The number of ether oxygens (including phenoxy) is 1. The van der Waals surface area contributed by atoms with Crippen LogP contribution in [0.15, 0.2) is 0 Å². The number of alkyl carbamates (subject to hydrolysis) is 1. The zero-order valence-corrected chi connectivity index (χ0v) is 9.34. The molecule has 0 saturated carbocycles. The van der Waals surface area contributed by atoms with E-state index in [0.717, 1.165) is 0 Å². The molecule has 0 fully saturated rings. The summed E-state index contributed by atoms with van der Waals surface area (Å²) in [6, 6.07) is 0. The fourth-order valence-electron chi connectivity index (χ4n) is 0.707. The third kappa shape index (κ3) is 8.73. The predicted molar refractivity (Wildman–Crippen MR) is 53.1 cm³/mol. The molecule has 0 aromatic heterocycles. The van der Waals surface area contributed by atoms with Crippen LogP contribution in [0.4, 0.5) is 4.79 Å². The van der Waals surface area contributed by atoms with Crippen LogP contribution in [0.5, 0.6) is 0 Å². The first-order valence-electron chi connectivity index (χ1n) is 4.48. The van der Waals surface area contributed by atoms with Gasteiger partial charge in [-0.1, -0.05) is 0 Å². The third-order valence-electron chi connectivity index (χ3n) is 1.11. The van der Waals surface area contributed by atoms with E-state index in [0.29, 0.717) is 0 Å². The second-order valence-electron chi connectivity index (χ2n) is 3.96. The summed E-state index contributed by atoms with van der Waals surface area (Å²) in [4.78, 5) is 32.4. The average Bonchev–Trinajstić information content (AvgIpc) is 1.96. The lowest BCUT2D eigenvalue weighted by Gasteiger charge is -2.19. The molecule has 0 unspecified atom stereocenters. The highest BCUT2D eigenvalue weighted by Crippen LogP contribution is 2.05. The summed E-state index contributed by atoms with van der Waals surface area (Å²) in [6.07, 6.45) is -0.693. The highest BCUT2D eigenvalue weighted by atomic mass is 16.6. The number of rotatable bonds is 2. The van der Waals surface area contributed by atoms with E-state index < -0.39 is 23.5 Å². The standard InChI is InChI=1S/C9H16N2O4/c1-6(12)11-7(13)5-10-8(14)15-9(2,3)4/h5H2,1-4H3,(H,10,14)(H,11,12,13). The first-order valence-corrected chi connectivity index (χ1v) is 4.48. The summed E-state index contributed by atoms with van der Waals surface area (Å²) >= 11 is 0. The molecule has 0 rings (SSSR count). The molecule has 3 amide bonds.